The van der Waals surface area contributed by atoms with E-state index in [4.69, 9.17) is 15.7 Å². The normalized spacial score (nSPS) is 13.0. The molecule has 21 heavy (non-hydrogen) atoms. The molecule has 2 rings (SSSR count). The van der Waals surface area contributed by atoms with Crippen molar-refractivity contribution >= 4 is 5.84 Å². The van der Waals surface area contributed by atoms with Crippen LogP contribution in [-0.2, 0) is 0 Å². The van der Waals surface area contributed by atoms with Crippen molar-refractivity contribution in [3.8, 4) is 11.6 Å². The fourth-order valence-corrected chi connectivity index (χ4v) is 1.85. The summed E-state index contributed by atoms with van der Waals surface area (Å²) in [5.41, 5.74) is 7.22. The lowest BCUT2D eigenvalue weighted by atomic mass is 9.99. The molecule has 0 fully saturated rings. The van der Waals surface area contributed by atoms with Gasteiger partial charge in [-0.1, -0.05) is 31.1 Å². The summed E-state index contributed by atoms with van der Waals surface area (Å²) >= 11 is 0. The van der Waals surface area contributed by atoms with Crippen molar-refractivity contribution in [1.82, 2.24) is 10.2 Å². The summed E-state index contributed by atoms with van der Waals surface area (Å²) in [6.07, 6.45) is 2.53. The highest BCUT2D eigenvalue weighted by molar-refractivity contribution is 5.98. The average Bonchev–Trinajstić information content (AvgIpc) is 2.54. The zero-order valence-electron chi connectivity index (χ0n) is 12.0. The van der Waals surface area contributed by atoms with E-state index >= 15 is 0 Å². The Morgan fingerprint density at radius 2 is 2.05 bits per heavy atom. The third kappa shape index (κ3) is 3.47. The lowest BCUT2D eigenvalue weighted by Gasteiger charge is -2.11. The summed E-state index contributed by atoms with van der Waals surface area (Å²) in [7, 11) is 0. The number of ether oxygens (including phenoxy) is 1. The van der Waals surface area contributed by atoms with Gasteiger partial charge in [-0.15, -0.1) is 5.10 Å². The van der Waals surface area contributed by atoms with Crippen LogP contribution in [0.3, 0.4) is 0 Å². The highest BCUT2D eigenvalue weighted by Crippen LogP contribution is 2.25. The molecular formula is C15H18N4O2. The van der Waals surface area contributed by atoms with E-state index in [1.54, 1.807) is 6.07 Å². The van der Waals surface area contributed by atoms with E-state index < -0.39 is 0 Å². The quantitative estimate of drug-likeness (QED) is 0.381. The molecular weight excluding hydrogens is 268 g/mol. The minimum atomic E-state index is -0.0730. The third-order valence-corrected chi connectivity index (χ3v) is 3.35. The van der Waals surface area contributed by atoms with Crippen molar-refractivity contribution < 1.29 is 9.94 Å². The smallest absolute Gasteiger partial charge is 0.250 e. The number of rotatable bonds is 5. The number of nitrogens with zero attached hydrogens (tertiary/aromatic N) is 3. The lowest BCUT2D eigenvalue weighted by molar-refractivity contribution is 0.318. The monoisotopic (exact) mass is 286 g/mol. The Hall–Kier alpha value is -2.63. The highest BCUT2D eigenvalue weighted by Gasteiger charge is 2.11. The van der Waals surface area contributed by atoms with Gasteiger partial charge in [-0.05, 0) is 36.1 Å². The third-order valence-electron chi connectivity index (χ3n) is 3.35. The zero-order chi connectivity index (χ0) is 15.2. The van der Waals surface area contributed by atoms with Crippen molar-refractivity contribution in [1.29, 1.82) is 0 Å². The Labute approximate surface area is 123 Å². The molecule has 1 unspecified atom stereocenters. The van der Waals surface area contributed by atoms with Crippen LogP contribution >= 0.6 is 0 Å². The molecule has 1 atom stereocenters. The first-order chi connectivity index (χ1) is 10.2. The molecule has 2 aromatic rings. The van der Waals surface area contributed by atoms with Gasteiger partial charge in [0, 0.05) is 0 Å². The molecule has 0 bridgehead atoms. The Kier molecular flexibility index (Phi) is 4.71. The fraction of sp³-hybridized carbons (Fsp3) is 0.267. The van der Waals surface area contributed by atoms with Crippen LogP contribution in [0.2, 0.25) is 0 Å². The number of nitrogens with two attached hydrogens (primary N) is 1. The van der Waals surface area contributed by atoms with Gasteiger partial charge >= 0.3 is 0 Å². The van der Waals surface area contributed by atoms with Crippen LogP contribution in [0.5, 0.6) is 11.6 Å². The second-order valence-electron chi connectivity index (χ2n) is 4.72. The van der Waals surface area contributed by atoms with Crippen molar-refractivity contribution in [2.75, 3.05) is 0 Å². The van der Waals surface area contributed by atoms with Crippen LogP contribution in [0.4, 0.5) is 0 Å². The second kappa shape index (κ2) is 6.69. The number of benzene rings is 1. The minimum Gasteiger partial charge on any atom is -0.437 e. The second-order valence-corrected chi connectivity index (χ2v) is 4.72. The largest absolute Gasteiger partial charge is 0.437 e. The first-order valence-corrected chi connectivity index (χ1v) is 6.73. The molecule has 1 aromatic carbocycles. The number of amidine groups is 1. The molecule has 0 aliphatic heterocycles. The molecule has 110 valence electrons. The molecule has 0 amide bonds. The Bertz CT molecular complexity index is 626. The molecule has 1 heterocycles. The molecule has 0 aliphatic rings. The Morgan fingerprint density at radius 1 is 1.33 bits per heavy atom. The molecule has 6 heteroatoms. The SMILES string of the molecule is CCC(C)c1ccc(Oc2nnccc2/C(N)=N/O)cc1. The molecule has 1 aromatic heterocycles. The standard InChI is InChI=1S/C15H18N4O2/c1-3-10(2)11-4-6-12(7-5-11)21-15-13(14(16)19-20)8-9-17-18-15/h4-10,20H,3H2,1-2H3,(H2,16,19). The number of aromatic nitrogens is 2. The molecule has 0 spiro atoms. The van der Waals surface area contributed by atoms with E-state index in [0.717, 1.165) is 6.42 Å². The van der Waals surface area contributed by atoms with Gasteiger partial charge in [-0.2, -0.15) is 5.10 Å². The maximum Gasteiger partial charge on any atom is 0.250 e. The predicted octanol–water partition coefficient (Wildman–Crippen LogP) is 2.88. The van der Waals surface area contributed by atoms with Gasteiger partial charge < -0.3 is 15.7 Å². The summed E-state index contributed by atoms with van der Waals surface area (Å²) in [4.78, 5) is 0. The Balaban J connectivity index is 2.23. The fourth-order valence-electron chi connectivity index (χ4n) is 1.85. The molecule has 3 N–H and O–H groups in total. The molecule has 0 saturated heterocycles. The van der Waals surface area contributed by atoms with Gasteiger partial charge in [-0.3, -0.25) is 0 Å². The van der Waals surface area contributed by atoms with E-state index in [1.165, 1.54) is 11.8 Å². The van der Waals surface area contributed by atoms with Crippen molar-refractivity contribution in [3.63, 3.8) is 0 Å². The average molecular weight is 286 g/mol. The summed E-state index contributed by atoms with van der Waals surface area (Å²) < 4.78 is 5.66. The van der Waals surface area contributed by atoms with Gasteiger partial charge in [0.15, 0.2) is 5.84 Å². The summed E-state index contributed by atoms with van der Waals surface area (Å²) in [5, 5.41) is 19.3. The van der Waals surface area contributed by atoms with Crippen molar-refractivity contribution in [3.05, 3.63) is 47.7 Å². The van der Waals surface area contributed by atoms with E-state index in [2.05, 4.69) is 29.2 Å². The van der Waals surface area contributed by atoms with Crippen LogP contribution in [0, 0.1) is 0 Å². The maximum atomic E-state index is 8.76. The first kappa shape index (κ1) is 14.8. The van der Waals surface area contributed by atoms with Crippen LogP contribution in [-0.4, -0.2) is 21.2 Å². The minimum absolute atomic E-state index is 0.0730. The van der Waals surface area contributed by atoms with E-state index in [1.807, 2.05) is 24.3 Å². The summed E-state index contributed by atoms with van der Waals surface area (Å²) in [6.45, 7) is 4.33. The van der Waals surface area contributed by atoms with Crippen molar-refractivity contribution in [2.24, 2.45) is 10.9 Å². The van der Waals surface area contributed by atoms with E-state index in [9.17, 15) is 0 Å². The number of oxime groups is 1. The zero-order valence-corrected chi connectivity index (χ0v) is 12.0. The molecule has 0 saturated carbocycles. The van der Waals surface area contributed by atoms with E-state index in [0.29, 0.717) is 17.2 Å². The molecule has 0 aliphatic carbocycles. The number of hydrogen-bond donors (Lipinski definition) is 2. The highest BCUT2D eigenvalue weighted by atomic mass is 16.5. The lowest BCUT2D eigenvalue weighted by Crippen LogP contribution is -2.15. The summed E-state index contributed by atoms with van der Waals surface area (Å²) in [5.74, 6) is 1.25. The molecule has 6 nitrogen and oxygen atoms in total. The van der Waals surface area contributed by atoms with Gasteiger partial charge in [0.1, 0.15) is 5.75 Å². The number of hydrogen-bond acceptors (Lipinski definition) is 5. The predicted molar refractivity (Wildman–Crippen MR) is 79.8 cm³/mol. The van der Waals surface area contributed by atoms with Gasteiger partial charge in [-0.25, -0.2) is 0 Å². The van der Waals surface area contributed by atoms with Crippen LogP contribution in [0.1, 0.15) is 37.3 Å². The van der Waals surface area contributed by atoms with Crippen LogP contribution < -0.4 is 10.5 Å². The van der Waals surface area contributed by atoms with E-state index in [-0.39, 0.29) is 11.7 Å². The summed E-state index contributed by atoms with van der Waals surface area (Å²) in [6, 6.07) is 9.34. The van der Waals surface area contributed by atoms with Gasteiger partial charge in [0.05, 0.1) is 11.8 Å². The van der Waals surface area contributed by atoms with Gasteiger partial charge in [0.2, 0.25) is 5.88 Å². The van der Waals surface area contributed by atoms with Crippen LogP contribution in [0.15, 0.2) is 41.7 Å². The first-order valence-electron chi connectivity index (χ1n) is 6.73. The van der Waals surface area contributed by atoms with Crippen molar-refractivity contribution in [2.45, 2.75) is 26.2 Å². The van der Waals surface area contributed by atoms with Gasteiger partial charge in [0.25, 0.3) is 0 Å². The topological polar surface area (TPSA) is 93.6 Å². The molecule has 0 radical (unpaired) electrons. The Morgan fingerprint density at radius 3 is 2.67 bits per heavy atom. The maximum absolute atomic E-state index is 8.76. The van der Waals surface area contributed by atoms with Crippen LogP contribution in [0.25, 0.3) is 0 Å².